The van der Waals surface area contributed by atoms with E-state index in [1.165, 1.54) is 0 Å². The number of ether oxygens (including phenoxy) is 2. The fourth-order valence-corrected chi connectivity index (χ4v) is 4.69. The minimum absolute atomic E-state index is 0.0427. The van der Waals surface area contributed by atoms with Crippen molar-refractivity contribution in [1.82, 2.24) is 0 Å². The van der Waals surface area contributed by atoms with Gasteiger partial charge in [0.05, 0.1) is 23.6 Å². The molecule has 1 aromatic heterocycles. The van der Waals surface area contributed by atoms with Crippen LogP contribution in [0.15, 0.2) is 93.1 Å². The summed E-state index contributed by atoms with van der Waals surface area (Å²) in [6.07, 6.45) is 1.66. The Balaban J connectivity index is 1.72. The summed E-state index contributed by atoms with van der Waals surface area (Å²) in [6, 6.07) is 19.1. The van der Waals surface area contributed by atoms with Gasteiger partial charge in [-0.25, -0.2) is 0 Å². The number of fused-ring (bicyclic) bond motifs is 2. The van der Waals surface area contributed by atoms with Crippen molar-refractivity contribution in [3.05, 3.63) is 111 Å². The molecule has 2 heterocycles. The van der Waals surface area contributed by atoms with E-state index in [2.05, 4.69) is 22.5 Å². The zero-order valence-corrected chi connectivity index (χ0v) is 20.6. The fourth-order valence-electron chi connectivity index (χ4n) is 4.33. The molecule has 0 aliphatic carbocycles. The van der Waals surface area contributed by atoms with Crippen LogP contribution in [0.1, 0.15) is 34.6 Å². The van der Waals surface area contributed by atoms with Crippen molar-refractivity contribution in [3.63, 3.8) is 0 Å². The monoisotopic (exact) mass is 531 g/mol. The highest BCUT2D eigenvalue weighted by Gasteiger charge is 2.43. The number of benzene rings is 3. The van der Waals surface area contributed by atoms with Crippen LogP contribution in [0.25, 0.3) is 11.0 Å². The van der Waals surface area contributed by atoms with Gasteiger partial charge in [-0.1, -0.05) is 40.7 Å². The molecule has 0 bridgehead atoms. The van der Waals surface area contributed by atoms with Gasteiger partial charge in [0.1, 0.15) is 23.7 Å². The maximum atomic E-state index is 13.8. The molecular weight excluding hydrogens is 510 g/mol. The van der Waals surface area contributed by atoms with Gasteiger partial charge in [-0.2, -0.15) is 0 Å². The van der Waals surface area contributed by atoms with E-state index in [1.807, 2.05) is 31.2 Å². The fraction of sp³-hybridized carbons (Fsp3) is 0.143. The molecule has 4 aromatic rings. The zero-order chi connectivity index (χ0) is 24.5. The summed E-state index contributed by atoms with van der Waals surface area (Å²) >= 11 is 3.43. The van der Waals surface area contributed by atoms with Gasteiger partial charge < -0.3 is 13.9 Å². The molecule has 6 nitrogen and oxygen atoms in total. The Morgan fingerprint density at radius 1 is 1.03 bits per heavy atom. The first-order chi connectivity index (χ1) is 17.0. The summed E-state index contributed by atoms with van der Waals surface area (Å²) < 4.78 is 18.1. The van der Waals surface area contributed by atoms with Crippen LogP contribution in [0.5, 0.6) is 11.5 Å². The number of hydrogen-bond donors (Lipinski definition) is 0. The van der Waals surface area contributed by atoms with Crippen LogP contribution in [-0.4, -0.2) is 19.1 Å². The van der Waals surface area contributed by atoms with Crippen molar-refractivity contribution < 1.29 is 18.7 Å². The van der Waals surface area contributed by atoms with Crippen molar-refractivity contribution in [2.75, 3.05) is 18.1 Å². The molecule has 1 unspecified atom stereocenters. The third kappa shape index (κ3) is 4.12. The summed E-state index contributed by atoms with van der Waals surface area (Å²) in [5, 5.41) is 0.406. The second-order valence-corrected chi connectivity index (χ2v) is 8.91. The van der Waals surface area contributed by atoms with Crippen LogP contribution in [0.3, 0.4) is 0 Å². The minimum atomic E-state index is -0.692. The van der Waals surface area contributed by atoms with E-state index in [0.29, 0.717) is 46.9 Å². The Kier molecular flexibility index (Phi) is 6.17. The molecule has 35 heavy (non-hydrogen) atoms. The molecule has 1 amide bonds. The van der Waals surface area contributed by atoms with Crippen LogP contribution >= 0.6 is 15.9 Å². The lowest BCUT2D eigenvalue weighted by Gasteiger charge is -2.25. The van der Waals surface area contributed by atoms with E-state index in [4.69, 9.17) is 13.9 Å². The quantitative estimate of drug-likeness (QED) is 0.263. The Bertz CT molecular complexity index is 1490. The smallest absolute Gasteiger partial charge is 0.295 e. The first-order valence-electron chi connectivity index (χ1n) is 11.2. The molecule has 7 heteroatoms. The largest absolute Gasteiger partial charge is 0.494 e. The van der Waals surface area contributed by atoms with Crippen LogP contribution in [0.2, 0.25) is 0 Å². The number of carbonyl (C=O) groups is 1. The summed E-state index contributed by atoms with van der Waals surface area (Å²) in [4.78, 5) is 29.1. The van der Waals surface area contributed by atoms with Gasteiger partial charge in [-0.15, -0.1) is 0 Å². The van der Waals surface area contributed by atoms with Crippen molar-refractivity contribution >= 4 is 38.5 Å². The maximum absolute atomic E-state index is 13.8. The molecule has 176 valence electrons. The highest BCUT2D eigenvalue weighted by Crippen LogP contribution is 2.42. The standard InChI is InChI=1S/C28H22BrNO5/c1-3-14-34-21-7-5-6-17(15-21)25-24-26(31)22-16-18(29)8-13-23(22)35-27(24)28(32)30(25)19-9-11-20(12-10-19)33-4-2/h3,5-13,15-16,25H,1,4,14H2,2H3. The maximum Gasteiger partial charge on any atom is 0.295 e. The Morgan fingerprint density at radius 3 is 2.57 bits per heavy atom. The molecule has 0 N–H and O–H groups in total. The van der Waals surface area contributed by atoms with Crippen molar-refractivity contribution in [2.45, 2.75) is 13.0 Å². The zero-order valence-electron chi connectivity index (χ0n) is 19.0. The number of carbonyl (C=O) groups excluding carboxylic acids is 1. The highest BCUT2D eigenvalue weighted by molar-refractivity contribution is 9.10. The average molecular weight is 532 g/mol. The molecule has 0 radical (unpaired) electrons. The Labute approximate surface area is 210 Å². The van der Waals surface area contributed by atoms with Gasteiger partial charge in [0.2, 0.25) is 5.76 Å². The van der Waals surface area contributed by atoms with E-state index in [0.717, 1.165) is 10.0 Å². The van der Waals surface area contributed by atoms with E-state index in [-0.39, 0.29) is 17.1 Å². The summed E-state index contributed by atoms with van der Waals surface area (Å²) in [7, 11) is 0. The third-order valence-electron chi connectivity index (χ3n) is 5.80. The number of halogens is 1. The summed E-state index contributed by atoms with van der Waals surface area (Å²) in [5.41, 5.74) is 1.77. The summed E-state index contributed by atoms with van der Waals surface area (Å²) in [5.74, 6) is 0.971. The molecule has 3 aromatic carbocycles. The number of amides is 1. The number of anilines is 1. The van der Waals surface area contributed by atoms with E-state index in [1.54, 1.807) is 53.4 Å². The highest BCUT2D eigenvalue weighted by atomic mass is 79.9. The van der Waals surface area contributed by atoms with Gasteiger partial charge in [-0.3, -0.25) is 14.5 Å². The molecule has 1 atom stereocenters. The third-order valence-corrected chi connectivity index (χ3v) is 6.29. The molecule has 5 rings (SSSR count). The van der Waals surface area contributed by atoms with Gasteiger partial charge in [0.15, 0.2) is 5.43 Å². The van der Waals surface area contributed by atoms with Gasteiger partial charge >= 0.3 is 0 Å². The van der Waals surface area contributed by atoms with Crippen LogP contribution < -0.4 is 19.8 Å². The Morgan fingerprint density at radius 2 is 1.83 bits per heavy atom. The van der Waals surface area contributed by atoms with E-state index in [9.17, 15) is 9.59 Å². The predicted octanol–water partition coefficient (Wildman–Crippen LogP) is 6.27. The second-order valence-electron chi connectivity index (χ2n) is 7.99. The molecule has 0 saturated carbocycles. The second kappa shape index (κ2) is 9.43. The van der Waals surface area contributed by atoms with Crippen molar-refractivity contribution in [2.24, 2.45) is 0 Å². The Hall–Kier alpha value is -3.84. The molecule has 0 saturated heterocycles. The average Bonchev–Trinajstić information content (AvgIpc) is 3.16. The first kappa shape index (κ1) is 22.9. The number of hydrogen-bond acceptors (Lipinski definition) is 5. The van der Waals surface area contributed by atoms with Crippen molar-refractivity contribution in [3.8, 4) is 11.5 Å². The van der Waals surface area contributed by atoms with E-state index < -0.39 is 6.04 Å². The number of rotatable bonds is 7. The minimum Gasteiger partial charge on any atom is -0.494 e. The molecule has 1 aliphatic rings. The normalized spacial score (nSPS) is 14.7. The van der Waals surface area contributed by atoms with Gasteiger partial charge in [-0.05, 0) is 67.1 Å². The number of nitrogens with zero attached hydrogens (tertiary/aromatic N) is 1. The van der Waals surface area contributed by atoms with Gasteiger partial charge in [0, 0.05) is 10.2 Å². The summed E-state index contributed by atoms with van der Waals surface area (Å²) in [6.45, 7) is 6.47. The van der Waals surface area contributed by atoms with Crippen LogP contribution in [0, 0.1) is 0 Å². The van der Waals surface area contributed by atoms with E-state index >= 15 is 0 Å². The van der Waals surface area contributed by atoms with Crippen LogP contribution in [-0.2, 0) is 0 Å². The topological polar surface area (TPSA) is 69.0 Å². The predicted molar refractivity (Wildman–Crippen MR) is 139 cm³/mol. The van der Waals surface area contributed by atoms with Gasteiger partial charge in [0.25, 0.3) is 5.91 Å². The molecule has 1 aliphatic heterocycles. The molecule has 0 spiro atoms. The molecule has 0 fully saturated rings. The molecular formula is C28H22BrNO5. The van der Waals surface area contributed by atoms with Crippen LogP contribution in [0.4, 0.5) is 5.69 Å². The first-order valence-corrected chi connectivity index (χ1v) is 12.0. The SMILES string of the molecule is C=CCOc1cccc(C2c3c(oc4ccc(Br)cc4c3=O)C(=O)N2c2ccc(OCC)cc2)c1. The lowest BCUT2D eigenvalue weighted by atomic mass is 9.98. The van der Waals surface area contributed by atoms with Crippen molar-refractivity contribution in [1.29, 1.82) is 0 Å². The lowest BCUT2D eigenvalue weighted by molar-refractivity contribution is 0.0971. The lowest BCUT2D eigenvalue weighted by Crippen LogP contribution is -2.29.